The number of halogens is 1. The van der Waals surface area contributed by atoms with Gasteiger partial charge in [0.2, 0.25) is 10.0 Å². The minimum atomic E-state index is -4.01. The van der Waals surface area contributed by atoms with Crippen LogP contribution in [-0.2, 0) is 15.6 Å². The molecule has 2 rings (SSSR count). The summed E-state index contributed by atoms with van der Waals surface area (Å²) in [6.07, 6.45) is 0. The Morgan fingerprint density at radius 2 is 2.10 bits per heavy atom. The second kappa shape index (κ2) is 5.84. The van der Waals surface area contributed by atoms with E-state index >= 15 is 0 Å². The van der Waals surface area contributed by atoms with Gasteiger partial charge in [0.25, 0.3) is 0 Å². The molecule has 21 heavy (non-hydrogen) atoms. The third kappa shape index (κ3) is 3.68. The van der Waals surface area contributed by atoms with Crippen LogP contribution in [0.2, 0.25) is 0 Å². The smallest absolute Gasteiger partial charge is 0.243 e. The molecular weight excluding hydrogens is 313 g/mol. The van der Waals surface area contributed by atoms with E-state index in [0.717, 1.165) is 6.07 Å². The van der Waals surface area contributed by atoms with Crippen molar-refractivity contribution in [3.05, 3.63) is 52.0 Å². The topological polar surface area (TPSA) is 66.4 Å². The summed E-state index contributed by atoms with van der Waals surface area (Å²) in [6.45, 7) is 2.94. The number of hydrogen-bond donors (Lipinski definition) is 2. The first-order chi connectivity index (χ1) is 9.72. The predicted molar refractivity (Wildman–Crippen MR) is 80.2 cm³/mol. The van der Waals surface area contributed by atoms with Crippen LogP contribution in [0.25, 0.3) is 0 Å². The van der Waals surface area contributed by atoms with Crippen LogP contribution in [-0.4, -0.2) is 20.1 Å². The zero-order valence-corrected chi connectivity index (χ0v) is 13.3. The molecule has 0 aliphatic carbocycles. The molecule has 0 bridgehead atoms. The lowest BCUT2D eigenvalue weighted by molar-refractivity contribution is 0.0632. The number of benzene rings is 1. The van der Waals surface area contributed by atoms with Crippen LogP contribution in [0, 0.1) is 12.7 Å². The molecule has 1 atom stereocenters. The van der Waals surface area contributed by atoms with Crippen molar-refractivity contribution in [3.63, 3.8) is 0 Å². The van der Waals surface area contributed by atoms with Gasteiger partial charge in [-0.1, -0.05) is 6.07 Å². The van der Waals surface area contributed by atoms with Gasteiger partial charge in [0.05, 0.1) is 0 Å². The zero-order valence-electron chi connectivity index (χ0n) is 11.6. The molecule has 0 aliphatic heterocycles. The number of sulfonamides is 1. The number of thiophene rings is 1. The van der Waals surface area contributed by atoms with Gasteiger partial charge in [0.1, 0.15) is 16.3 Å². The maximum atomic E-state index is 13.8. The van der Waals surface area contributed by atoms with Crippen molar-refractivity contribution in [2.75, 3.05) is 6.54 Å². The normalized spacial score (nSPS) is 14.9. The van der Waals surface area contributed by atoms with Gasteiger partial charge in [-0.2, -0.15) is 11.3 Å². The van der Waals surface area contributed by atoms with E-state index < -0.39 is 26.3 Å². The molecule has 2 aromatic rings. The van der Waals surface area contributed by atoms with E-state index in [2.05, 4.69) is 4.72 Å². The Hall–Kier alpha value is -1.28. The van der Waals surface area contributed by atoms with Crippen LogP contribution < -0.4 is 4.72 Å². The van der Waals surface area contributed by atoms with Gasteiger partial charge in [0.15, 0.2) is 0 Å². The summed E-state index contributed by atoms with van der Waals surface area (Å²) in [5.74, 6) is -0.808. The van der Waals surface area contributed by atoms with Crippen molar-refractivity contribution in [3.8, 4) is 0 Å². The van der Waals surface area contributed by atoms with E-state index in [4.69, 9.17) is 0 Å². The SMILES string of the molecule is Cc1ccc(S(=O)(=O)NCC(C)(O)c2ccsc2)c(F)c1. The lowest BCUT2D eigenvalue weighted by atomic mass is 10.0. The molecule has 0 aliphatic rings. The first-order valence-corrected chi connectivity index (χ1v) is 8.66. The highest BCUT2D eigenvalue weighted by Gasteiger charge is 2.27. The minimum Gasteiger partial charge on any atom is -0.384 e. The van der Waals surface area contributed by atoms with Gasteiger partial charge in [-0.25, -0.2) is 17.5 Å². The summed E-state index contributed by atoms with van der Waals surface area (Å²) in [6, 6.07) is 5.61. The van der Waals surface area contributed by atoms with Gasteiger partial charge in [-0.15, -0.1) is 0 Å². The summed E-state index contributed by atoms with van der Waals surface area (Å²) < 4.78 is 40.3. The van der Waals surface area contributed by atoms with E-state index in [-0.39, 0.29) is 6.54 Å². The van der Waals surface area contributed by atoms with E-state index in [1.54, 1.807) is 23.8 Å². The fraction of sp³-hybridized carbons (Fsp3) is 0.286. The number of nitrogens with one attached hydrogen (secondary N) is 1. The van der Waals surface area contributed by atoms with Gasteiger partial charge in [0, 0.05) is 6.54 Å². The first kappa shape index (κ1) is 16.1. The Labute approximate surface area is 127 Å². The summed E-state index contributed by atoms with van der Waals surface area (Å²) in [5, 5.41) is 13.8. The lowest BCUT2D eigenvalue weighted by Gasteiger charge is -2.22. The van der Waals surface area contributed by atoms with Gasteiger partial charge in [-0.05, 0) is 53.9 Å². The third-order valence-corrected chi connectivity index (χ3v) is 5.24. The molecule has 1 aromatic heterocycles. The first-order valence-electron chi connectivity index (χ1n) is 6.23. The van der Waals surface area contributed by atoms with Crippen molar-refractivity contribution < 1.29 is 17.9 Å². The van der Waals surface area contributed by atoms with Crippen molar-refractivity contribution in [1.82, 2.24) is 4.72 Å². The average Bonchev–Trinajstić information content (AvgIpc) is 2.91. The van der Waals surface area contributed by atoms with Crippen molar-refractivity contribution in [1.29, 1.82) is 0 Å². The van der Waals surface area contributed by atoms with E-state index in [1.807, 2.05) is 0 Å². The van der Waals surface area contributed by atoms with Crippen LogP contribution in [0.1, 0.15) is 18.1 Å². The summed E-state index contributed by atoms with van der Waals surface area (Å²) >= 11 is 1.40. The molecule has 1 unspecified atom stereocenters. The maximum Gasteiger partial charge on any atom is 0.243 e. The van der Waals surface area contributed by atoms with Crippen LogP contribution in [0.5, 0.6) is 0 Å². The Morgan fingerprint density at radius 1 is 1.38 bits per heavy atom. The van der Waals surface area contributed by atoms with E-state index in [0.29, 0.717) is 11.1 Å². The van der Waals surface area contributed by atoms with Crippen molar-refractivity contribution >= 4 is 21.4 Å². The number of hydrogen-bond acceptors (Lipinski definition) is 4. The maximum absolute atomic E-state index is 13.8. The molecule has 1 heterocycles. The monoisotopic (exact) mass is 329 g/mol. The number of aryl methyl sites for hydroxylation is 1. The molecule has 4 nitrogen and oxygen atoms in total. The van der Waals surface area contributed by atoms with Crippen LogP contribution in [0.3, 0.4) is 0 Å². The minimum absolute atomic E-state index is 0.237. The Kier molecular flexibility index (Phi) is 4.48. The van der Waals surface area contributed by atoms with Gasteiger partial charge >= 0.3 is 0 Å². The molecule has 0 saturated carbocycles. The molecule has 0 saturated heterocycles. The molecule has 0 radical (unpaired) electrons. The molecule has 0 spiro atoms. The molecular formula is C14H16FNO3S2. The molecule has 7 heteroatoms. The standard InChI is InChI=1S/C14H16FNO3S2/c1-10-3-4-13(12(15)7-10)21(18,19)16-9-14(2,17)11-5-6-20-8-11/h3-8,16-17H,9H2,1-2H3. The van der Waals surface area contributed by atoms with E-state index in [1.165, 1.54) is 30.4 Å². The van der Waals surface area contributed by atoms with Crippen LogP contribution in [0.4, 0.5) is 4.39 Å². The van der Waals surface area contributed by atoms with Crippen LogP contribution >= 0.6 is 11.3 Å². The largest absolute Gasteiger partial charge is 0.384 e. The number of aliphatic hydroxyl groups is 1. The Balaban J connectivity index is 2.19. The molecule has 114 valence electrons. The third-order valence-electron chi connectivity index (χ3n) is 3.13. The molecule has 0 fully saturated rings. The second-order valence-electron chi connectivity index (χ2n) is 5.04. The van der Waals surface area contributed by atoms with Crippen molar-refractivity contribution in [2.45, 2.75) is 24.3 Å². The van der Waals surface area contributed by atoms with Crippen LogP contribution in [0.15, 0.2) is 39.9 Å². The Bertz CT molecular complexity index is 725. The predicted octanol–water partition coefficient (Wildman–Crippen LogP) is 2.38. The molecule has 0 amide bonds. The fourth-order valence-electron chi connectivity index (χ4n) is 1.81. The second-order valence-corrected chi connectivity index (χ2v) is 7.56. The summed E-state index contributed by atoms with van der Waals surface area (Å²) in [4.78, 5) is -0.422. The average molecular weight is 329 g/mol. The quantitative estimate of drug-likeness (QED) is 0.885. The summed E-state index contributed by atoms with van der Waals surface area (Å²) in [7, 11) is -4.01. The zero-order chi connectivity index (χ0) is 15.7. The summed E-state index contributed by atoms with van der Waals surface area (Å²) in [5.41, 5.74) is -0.106. The number of rotatable bonds is 5. The molecule has 1 aromatic carbocycles. The highest BCUT2D eigenvalue weighted by molar-refractivity contribution is 7.89. The van der Waals surface area contributed by atoms with E-state index in [9.17, 15) is 17.9 Å². The molecule has 2 N–H and O–H groups in total. The van der Waals surface area contributed by atoms with Gasteiger partial charge in [-0.3, -0.25) is 0 Å². The highest BCUT2D eigenvalue weighted by Crippen LogP contribution is 2.23. The highest BCUT2D eigenvalue weighted by atomic mass is 32.2. The lowest BCUT2D eigenvalue weighted by Crippen LogP contribution is -2.38. The Morgan fingerprint density at radius 3 is 2.67 bits per heavy atom. The van der Waals surface area contributed by atoms with Gasteiger partial charge < -0.3 is 5.11 Å². The fourth-order valence-corrected chi connectivity index (χ4v) is 3.78. The van der Waals surface area contributed by atoms with Crippen molar-refractivity contribution in [2.24, 2.45) is 0 Å².